The van der Waals surface area contributed by atoms with Crippen LogP contribution < -0.4 is 10.5 Å². The zero-order chi connectivity index (χ0) is 16.0. The Kier molecular flexibility index (Phi) is 5.76. The molecule has 0 radical (unpaired) electrons. The SMILES string of the molecule is COC(=O)C(C)S(=O)(=O)Nc1ccc(C)c(C#CCN)c1. The second-order valence-electron chi connectivity index (χ2n) is 4.35. The lowest BCUT2D eigenvalue weighted by Crippen LogP contribution is -2.33. The van der Waals surface area contributed by atoms with E-state index in [4.69, 9.17) is 5.73 Å². The average Bonchev–Trinajstić information content (AvgIpc) is 2.45. The summed E-state index contributed by atoms with van der Waals surface area (Å²) in [5.41, 5.74) is 7.22. The van der Waals surface area contributed by atoms with E-state index >= 15 is 0 Å². The van der Waals surface area contributed by atoms with Crippen LogP contribution in [0.25, 0.3) is 0 Å². The maximum Gasteiger partial charge on any atom is 0.325 e. The molecule has 1 atom stereocenters. The molecule has 1 rings (SSSR count). The molecule has 1 aromatic rings. The number of carbonyl (C=O) groups is 1. The van der Waals surface area contributed by atoms with Gasteiger partial charge in [0.25, 0.3) is 0 Å². The maximum absolute atomic E-state index is 12.0. The topological polar surface area (TPSA) is 98.5 Å². The van der Waals surface area contributed by atoms with E-state index < -0.39 is 21.2 Å². The Hall–Kier alpha value is -2.04. The van der Waals surface area contributed by atoms with Crippen LogP contribution in [-0.2, 0) is 19.6 Å². The van der Waals surface area contributed by atoms with Gasteiger partial charge in [0.1, 0.15) is 0 Å². The van der Waals surface area contributed by atoms with Gasteiger partial charge >= 0.3 is 5.97 Å². The third-order valence-corrected chi connectivity index (χ3v) is 4.46. The molecule has 0 saturated heterocycles. The molecule has 6 nitrogen and oxygen atoms in total. The molecule has 7 heteroatoms. The molecule has 0 saturated carbocycles. The molecule has 0 fully saturated rings. The van der Waals surface area contributed by atoms with E-state index in [0.29, 0.717) is 11.3 Å². The van der Waals surface area contributed by atoms with Gasteiger partial charge in [0.15, 0.2) is 5.25 Å². The first-order valence-corrected chi connectivity index (χ1v) is 7.75. The van der Waals surface area contributed by atoms with Crippen LogP contribution in [0.2, 0.25) is 0 Å². The number of ether oxygens (including phenoxy) is 1. The average molecular weight is 310 g/mol. The number of esters is 1. The van der Waals surface area contributed by atoms with E-state index in [1.165, 1.54) is 6.92 Å². The smallest absolute Gasteiger partial charge is 0.325 e. The highest BCUT2D eigenvalue weighted by Gasteiger charge is 2.28. The second-order valence-corrected chi connectivity index (χ2v) is 6.35. The Morgan fingerprint density at radius 1 is 1.48 bits per heavy atom. The molecular formula is C14H18N2O4S. The van der Waals surface area contributed by atoms with E-state index in [1.807, 2.05) is 6.92 Å². The number of methoxy groups -OCH3 is 1. The summed E-state index contributed by atoms with van der Waals surface area (Å²) in [7, 11) is -2.73. The van der Waals surface area contributed by atoms with Crippen molar-refractivity contribution >= 4 is 21.7 Å². The maximum atomic E-state index is 12.0. The number of nitrogens with two attached hydrogens (primary N) is 1. The minimum atomic E-state index is -3.87. The number of carbonyl (C=O) groups excluding carboxylic acids is 1. The molecule has 0 heterocycles. The van der Waals surface area contributed by atoms with E-state index in [2.05, 4.69) is 21.3 Å². The van der Waals surface area contributed by atoms with E-state index in [-0.39, 0.29) is 6.54 Å². The van der Waals surface area contributed by atoms with E-state index in [1.54, 1.807) is 18.2 Å². The van der Waals surface area contributed by atoms with Crippen LogP contribution in [-0.4, -0.2) is 33.3 Å². The Bertz CT molecular complexity index is 687. The van der Waals surface area contributed by atoms with E-state index in [0.717, 1.165) is 12.7 Å². The highest BCUT2D eigenvalue weighted by Crippen LogP contribution is 2.17. The van der Waals surface area contributed by atoms with Gasteiger partial charge in [-0.25, -0.2) is 8.42 Å². The van der Waals surface area contributed by atoms with Crippen molar-refractivity contribution in [3.05, 3.63) is 29.3 Å². The van der Waals surface area contributed by atoms with Gasteiger partial charge in [0.2, 0.25) is 10.0 Å². The Morgan fingerprint density at radius 3 is 2.71 bits per heavy atom. The van der Waals surface area contributed by atoms with Gasteiger partial charge in [-0.2, -0.15) is 0 Å². The van der Waals surface area contributed by atoms with Gasteiger partial charge < -0.3 is 10.5 Å². The van der Waals surface area contributed by atoms with Crippen molar-refractivity contribution in [2.75, 3.05) is 18.4 Å². The van der Waals surface area contributed by atoms with E-state index in [9.17, 15) is 13.2 Å². The van der Waals surface area contributed by atoms with Gasteiger partial charge in [0.05, 0.1) is 13.7 Å². The third-order valence-electron chi connectivity index (χ3n) is 2.82. The highest BCUT2D eigenvalue weighted by molar-refractivity contribution is 7.94. The first-order chi connectivity index (χ1) is 9.81. The summed E-state index contributed by atoms with van der Waals surface area (Å²) in [4.78, 5) is 11.3. The van der Waals surface area contributed by atoms with Crippen LogP contribution >= 0.6 is 0 Å². The number of aryl methyl sites for hydroxylation is 1. The normalized spacial score (nSPS) is 12.0. The number of hydrogen-bond donors (Lipinski definition) is 2. The van der Waals surface area contributed by atoms with Crippen LogP contribution in [0.15, 0.2) is 18.2 Å². The fourth-order valence-electron chi connectivity index (χ4n) is 1.51. The van der Waals surface area contributed by atoms with Crippen LogP contribution in [0.5, 0.6) is 0 Å². The third kappa shape index (κ3) is 4.48. The molecule has 0 aromatic heterocycles. The minimum Gasteiger partial charge on any atom is -0.468 e. The quantitative estimate of drug-likeness (QED) is 0.627. The summed E-state index contributed by atoms with van der Waals surface area (Å²) < 4.78 is 30.9. The number of sulfonamides is 1. The van der Waals surface area contributed by atoms with Gasteiger partial charge in [-0.1, -0.05) is 17.9 Å². The van der Waals surface area contributed by atoms with Crippen molar-refractivity contribution in [2.24, 2.45) is 5.73 Å². The molecule has 1 aromatic carbocycles. The van der Waals surface area contributed by atoms with Crippen molar-refractivity contribution in [3.8, 4) is 11.8 Å². The number of hydrogen-bond acceptors (Lipinski definition) is 5. The number of benzene rings is 1. The van der Waals surface area contributed by atoms with Crippen LogP contribution in [0.3, 0.4) is 0 Å². The standard InChI is InChI=1S/C14H18N2O4S/c1-10-6-7-13(9-12(10)5-4-8-15)16-21(18,19)11(2)14(17)20-3/h6-7,9,11,16H,8,15H2,1-3H3. The Labute approximate surface area is 124 Å². The fraction of sp³-hybridized carbons (Fsp3) is 0.357. The molecule has 0 spiro atoms. The Morgan fingerprint density at radius 2 is 2.14 bits per heavy atom. The van der Waals surface area contributed by atoms with Crippen molar-refractivity contribution in [2.45, 2.75) is 19.1 Å². The summed E-state index contributed by atoms with van der Waals surface area (Å²) in [6.45, 7) is 3.34. The van der Waals surface area contributed by atoms with Crippen LogP contribution in [0.1, 0.15) is 18.1 Å². The molecule has 0 amide bonds. The van der Waals surface area contributed by atoms with Gasteiger partial charge in [-0.3, -0.25) is 9.52 Å². The molecule has 0 bridgehead atoms. The lowest BCUT2D eigenvalue weighted by atomic mass is 10.1. The molecule has 0 aliphatic rings. The van der Waals surface area contributed by atoms with Crippen molar-refractivity contribution in [3.63, 3.8) is 0 Å². The fourth-order valence-corrected chi connectivity index (χ4v) is 2.49. The highest BCUT2D eigenvalue weighted by atomic mass is 32.2. The molecule has 114 valence electrons. The van der Waals surface area contributed by atoms with Gasteiger partial charge in [-0.05, 0) is 31.5 Å². The van der Waals surface area contributed by atoms with Crippen LogP contribution in [0.4, 0.5) is 5.69 Å². The van der Waals surface area contributed by atoms with Crippen molar-refractivity contribution < 1.29 is 17.9 Å². The number of nitrogens with one attached hydrogen (secondary N) is 1. The lowest BCUT2D eigenvalue weighted by molar-refractivity contribution is -0.139. The van der Waals surface area contributed by atoms with Crippen LogP contribution in [0, 0.1) is 18.8 Å². The molecule has 1 unspecified atom stereocenters. The minimum absolute atomic E-state index is 0.217. The summed E-state index contributed by atoms with van der Waals surface area (Å²) >= 11 is 0. The lowest BCUT2D eigenvalue weighted by Gasteiger charge is -2.13. The predicted molar refractivity (Wildman–Crippen MR) is 81.1 cm³/mol. The second kappa shape index (κ2) is 7.11. The predicted octanol–water partition coefficient (Wildman–Crippen LogP) is 0.608. The zero-order valence-electron chi connectivity index (χ0n) is 12.1. The summed E-state index contributed by atoms with van der Waals surface area (Å²) in [5, 5.41) is -1.30. The summed E-state index contributed by atoms with van der Waals surface area (Å²) in [6.07, 6.45) is 0. The molecule has 21 heavy (non-hydrogen) atoms. The van der Waals surface area contributed by atoms with Crippen molar-refractivity contribution in [1.29, 1.82) is 0 Å². The van der Waals surface area contributed by atoms with Gasteiger partial charge in [0, 0.05) is 11.3 Å². The largest absolute Gasteiger partial charge is 0.468 e. The first-order valence-electron chi connectivity index (χ1n) is 6.21. The zero-order valence-corrected chi connectivity index (χ0v) is 13.0. The number of anilines is 1. The summed E-state index contributed by atoms with van der Waals surface area (Å²) in [6, 6.07) is 4.94. The number of rotatable bonds is 4. The molecule has 0 aliphatic carbocycles. The molecule has 3 N–H and O–H groups in total. The van der Waals surface area contributed by atoms with Crippen molar-refractivity contribution in [1.82, 2.24) is 0 Å². The Balaban J connectivity index is 3.06. The summed E-state index contributed by atoms with van der Waals surface area (Å²) in [5.74, 6) is 4.75. The molecular weight excluding hydrogens is 292 g/mol. The van der Waals surface area contributed by atoms with Gasteiger partial charge in [-0.15, -0.1) is 0 Å². The molecule has 0 aliphatic heterocycles. The first kappa shape index (κ1) is 17.0. The monoisotopic (exact) mass is 310 g/mol.